The van der Waals surface area contributed by atoms with Crippen molar-refractivity contribution in [3.8, 4) is 0 Å². The van der Waals surface area contributed by atoms with Gasteiger partial charge < -0.3 is 5.32 Å². The normalized spacial score (nSPS) is 10.7. The van der Waals surface area contributed by atoms with Gasteiger partial charge in [-0.15, -0.1) is 5.10 Å². The monoisotopic (exact) mass is 348 g/mol. The molecule has 1 amide bonds. The molecular weight excluding hydrogens is 324 g/mol. The van der Waals surface area contributed by atoms with E-state index in [0.717, 1.165) is 31.2 Å². The van der Waals surface area contributed by atoms with E-state index in [9.17, 15) is 9.59 Å². The Hall–Kier alpha value is -2.02. The summed E-state index contributed by atoms with van der Waals surface area (Å²) in [6.07, 6.45) is 3.99. The average molecular weight is 348 g/mol. The average Bonchev–Trinajstić information content (AvgIpc) is 2.96. The summed E-state index contributed by atoms with van der Waals surface area (Å²) in [5, 5.41) is 9.92. The molecule has 1 aromatic carbocycles. The lowest BCUT2D eigenvalue weighted by Crippen LogP contribution is -2.26. The Kier molecular flexibility index (Phi) is 7.61. The topological polar surface area (TPSA) is 79.8 Å². The molecule has 1 heterocycles. The molecule has 0 unspecified atom stereocenters. The first kappa shape index (κ1) is 18.3. The van der Waals surface area contributed by atoms with Gasteiger partial charge >= 0.3 is 5.69 Å². The molecular formula is C17H24N4O2S. The number of nitrogens with zero attached hydrogens (tertiary/aromatic N) is 2. The van der Waals surface area contributed by atoms with Crippen molar-refractivity contribution in [2.45, 2.75) is 44.3 Å². The second kappa shape index (κ2) is 9.97. The number of aryl methyl sites for hydroxylation is 1. The van der Waals surface area contributed by atoms with Crippen molar-refractivity contribution in [3.05, 3.63) is 46.4 Å². The highest BCUT2D eigenvalue weighted by Gasteiger charge is 2.11. The molecule has 2 rings (SSSR count). The quantitative estimate of drug-likeness (QED) is 0.510. The summed E-state index contributed by atoms with van der Waals surface area (Å²) in [6, 6.07) is 9.98. The van der Waals surface area contributed by atoms with E-state index in [1.54, 1.807) is 4.57 Å². The Morgan fingerprint density at radius 3 is 2.83 bits per heavy atom. The van der Waals surface area contributed by atoms with Gasteiger partial charge in [0.1, 0.15) is 0 Å². The van der Waals surface area contributed by atoms with Gasteiger partial charge in [-0.1, -0.05) is 61.9 Å². The number of benzene rings is 1. The molecule has 2 aromatic rings. The third-order valence-electron chi connectivity index (χ3n) is 3.63. The standard InChI is InChI=1S/C17H24N4O2S/c1-2-3-7-11-18-15(22)13-24-17-20-19-16(23)21(17)12-10-14-8-5-4-6-9-14/h4-6,8-9H,2-3,7,10-13H2,1H3,(H,18,22)(H,19,23). The van der Waals surface area contributed by atoms with Crippen molar-refractivity contribution in [2.75, 3.05) is 12.3 Å². The minimum absolute atomic E-state index is 0.0267. The molecule has 2 N–H and O–H groups in total. The molecule has 0 bridgehead atoms. The molecule has 130 valence electrons. The molecule has 0 saturated heterocycles. The van der Waals surface area contributed by atoms with Gasteiger partial charge in [0.2, 0.25) is 5.91 Å². The first-order chi connectivity index (χ1) is 11.7. The number of aromatic amines is 1. The van der Waals surface area contributed by atoms with Crippen LogP contribution < -0.4 is 11.0 Å². The molecule has 0 saturated carbocycles. The van der Waals surface area contributed by atoms with Crippen LogP contribution in [0.25, 0.3) is 0 Å². The summed E-state index contributed by atoms with van der Waals surface area (Å²) in [5.74, 6) is 0.239. The molecule has 0 aliphatic rings. The van der Waals surface area contributed by atoms with Crippen molar-refractivity contribution in [2.24, 2.45) is 0 Å². The maximum atomic E-state index is 11.9. The van der Waals surface area contributed by atoms with Crippen LogP contribution in [0.2, 0.25) is 0 Å². The van der Waals surface area contributed by atoms with Gasteiger partial charge in [0.15, 0.2) is 5.16 Å². The lowest BCUT2D eigenvalue weighted by molar-refractivity contribution is -0.118. The van der Waals surface area contributed by atoms with Crippen LogP contribution in [0.3, 0.4) is 0 Å². The van der Waals surface area contributed by atoms with Crippen molar-refractivity contribution in [1.29, 1.82) is 0 Å². The van der Waals surface area contributed by atoms with Gasteiger partial charge in [-0.25, -0.2) is 9.89 Å². The fourth-order valence-corrected chi connectivity index (χ4v) is 3.08. The van der Waals surface area contributed by atoms with E-state index in [4.69, 9.17) is 0 Å². The highest BCUT2D eigenvalue weighted by Crippen LogP contribution is 2.13. The molecule has 24 heavy (non-hydrogen) atoms. The summed E-state index contributed by atoms with van der Waals surface area (Å²) in [7, 11) is 0. The van der Waals surface area contributed by atoms with Gasteiger partial charge in [0.25, 0.3) is 0 Å². The molecule has 1 aromatic heterocycles. The number of hydrogen-bond acceptors (Lipinski definition) is 4. The highest BCUT2D eigenvalue weighted by atomic mass is 32.2. The Morgan fingerprint density at radius 2 is 2.08 bits per heavy atom. The van der Waals surface area contributed by atoms with E-state index in [2.05, 4.69) is 22.4 Å². The van der Waals surface area contributed by atoms with E-state index in [1.165, 1.54) is 11.8 Å². The van der Waals surface area contributed by atoms with E-state index in [0.29, 0.717) is 18.2 Å². The van der Waals surface area contributed by atoms with Gasteiger partial charge in [0, 0.05) is 13.1 Å². The number of unbranched alkanes of at least 4 members (excludes halogenated alkanes) is 2. The number of hydrogen-bond donors (Lipinski definition) is 2. The highest BCUT2D eigenvalue weighted by molar-refractivity contribution is 7.99. The maximum Gasteiger partial charge on any atom is 0.343 e. The minimum Gasteiger partial charge on any atom is -0.355 e. The van der Waals surface area contributed by atoms with Crippen LogP contribution in [0.5, 0.6) is 0 Å². The summed E-state index contributed by atoms with van der Waals surface area (Å²) >= 11 is 1.28. The lowest BCUT2D eigenvalue weighted by Gasteiger charge is -2.06. The van der Waals surface area contributed by atoms with E-state index in [-0.39, 0.29) is 17.3 Å². The Labute approximate surface area is 146 Å². The van der Waals surface area contributed by atoms with Gasteiger partial charge in [-0.05, 0) is 18.4 Å². The maximum absolute atomic E-state index is 11.9. The zero-order valence-electron chi connectivity index (χ0n) is 14.0. The number of aromatic nitrogens is 3. The van der Waals surface area contributed by atoms with Crippen LogP contribution >= 0.6 is 11.8 Å². The molecule has 0 aliphatic carbocycles. The third-order valence-corrected chi connectivity index (χ3v) is 4.60. The molecule has 0 atom stereocenters. The van der Waals surface area contributed by atoms with Gasteiger partial charge in [-0.3, -0.25) is 9.36 Å². The number of H-pyrrole nitrogens is 1. The predicted molar refractivity (Wildman–Crippen MR) is 96.3 cm³/mol. The Morgan fingerprint density at radius 1 is 1.29 bits per heavy atom. The molecule has 7 heteroatoms. The third kappa shape index (κ3) is 5.88. The Bertz CT molecular complexity index is 681. The fourth-order valence-electron chi connectivity index (χ4n) is 2.28. The van der Waals surface area contributed by atoms with E-state index in [1.807, 2.05) is 30.3 Å². The number of thioether (sulfide) groups is 1. The van der Waals surface area contributed by atoms with Crippen LogP contribution in [-0.2, 0) is 17.8 Å². The number of carbonyl (C=O) groups is 1. The second-order valence-electron chi connectivity index (χ2n) is 5.54. The molecule has 0 spiro atoms. The summed E-state index contributed by atoms with van der Waals surface area (Å²) in [5.41, 5.74) is 0.923. The summed E-state index contributed by atoms with van der Waals surface area (Å²) in [6.45, 7) is 3.37. The lowest BCUT2D eigenvalue weighted by atomic mass is 10.1. The fraction of sp³-hybridized carbons (Fsp3) is 0.471. The van der Waals surface area contributed by atoms with Crippen LogP contribution in [0.4, 0.5) is 0 Å². The largest absolute Gasteiger partial charge is 0.355 e. The molecule has 0 aliphatic heterocycles. The predicted octanol–water partition coefficient (Wildman–Crippen LogP) is 2.21. The number of amides is 1. The first-order valence-electron chi connectivity index (χ1n) is 8.29. The van der Waals surface area contributed by atoms with Crippen molar-refractivity contribution in [3.63, 3.8) is 0 Å². The van der Waals surface area contributed by atoms with Gasteiger partial charge in [0.05, 0.1) is 5.75 Å². The van der Waals surface area contributed by atoms with E-state index >= 15 is 0 Å². The zero-order valence-corrected chi connectivity index (χ0v) is 14.8. The van der Waals surface area contributed by atoms with Crippen LogP contribution in [0.1, 0.15) is 31.7 Å². The van der Waals surface area contributed by atoms with Crippen molar-refractivity contribution in [1.82, 2.24) is 20.1 Å². The van der Waals surface area contributed by atoms with E-state index < -0.39 is 0 Å². The van der Waals surface area contributed by atoms with Crippen LogP contribution in [0.15, 0.2) is 40.3 Å². The van der Waals surface area contributed by atoms with Crippen LogP contribution in [-0.4, -0.2) is 33.0 Å². The molecule has 6 nitrogen and oxygen atoms in total. The second-order valence-corrected chi connectivity index (χ2v) is 6.49. The number of carbonyl (C=O) groups excluding carboxylic acids is 1. The van der Waals surface area contributed by atoms with Crippen LogP contribution in [0, 0.1) is 0 Å². The molecule has 0 radical (unpaired) electrons. The Balaban J connectivity index is 1.83. The minimum atomic E-state index is -0.239. The first-order valence-corrected chi connectivity index (χ1v) is 9.28. The van der Waals surface area contributed by atoms with Crippen molar-refractivity contribution >= 4 is 17.7 Å². The van der Waals surface area contributed by atoms with Crippen molar-refractivity contribution < 1.29 is 4.79 Å². The summed E-state index contributed by atoms with van der Waals surface area (Å²) < 4.78 is 1.59. The number of rotatable bonds is 10. The smallest absolute Gasteiger partial charge is 0.343 e. The summed E-state index contributed by atoms with van der Waals surface area (Å²) in [4.78, 5) is 23.7. The SMILES string of the molecule is CCCCCNC(=O)CSc1n[nH]c(=O)n1CCc1ccccc1. The number of nitrogens with one attached hydrogen (secondary N) is 2. The van der Waals surface area contributed by atoms with Gasteiger partial charge in [-0.2, -0.15) is 0 Å². The zero-order chi connectivity index (χ0) is 17.2. The molecule has 0 fully saturated rings.